The maximum Gasteiger partial charge on any atom is 0.417 e. The van der Waals surface area contributed by atoms with Gasteiger partial charge in [0.15, 0.2) is 0 Å². The SMILES string of the molecule is C=CC[C@]1(C)c2ccccc2C(=O)N1C(=O)O[C@H]1CCCC[C@@H]1C(C)(C)c1ccccc1. The fourth-order valence-electron chi connectivity index (χ4n) is 5.70. The number of imide groups is 1. The molecule has 1 saturated carbocycles. The molecule has 2 aliphatic rings. The lowest BCUT2D eigenvalue weighted by Crippen LogP contribution is -2.49. The Morgan fingerprint density at radius 1 is 1.12 bits per heavy atom. The van der Waals surface area contributed by atoms with Crippen molar-refractivity contribution in [2.24, 2.45) is 5.92 Å². The molecular weight excluding hydrogens is 398 g/mol. The number of hydrogen-bond donors (Lipinski definition) is 0. The van der Waals surface area contributed by atoms with Gasteiger partial charge in [-0.1, -0.05) is 74.9 Å². The van der Waals surface area contributed by atoms with Crippen LogP contribution in [0.3, 0.4) is 0 Å². The molecule has 168 valence electrons. The molecule has 0 N–H and O–H groups in total. The van der Waals surface area contributed by atoms with E-state index in [-0.39, 0.29) is 23.3 Å². The van der Waals surface area contributed by atoms with Crippen molar-refractivity contribution in [2.45, 2.75) is 69.9 Å². The van der Waals surface area contributed by atoms with Crippen LogP contribution in [0.2, 0.25) is 0 Å². The second kappa shape index (κ2) is 8.57. The molecule has 4 rings (SSSR count). The van der Waals surface area contributed by atoms with Crippen LogP contribution >= 0.6 is 0 Å². The van der Waals surface area contributed by atoms with Crippen LogP contribution in [0.4, 0.5) is 4.79 Å². The zero-order valence-corrected chi connectivity index (χ0v) is 19.3. The molecule has 1 heterocycles. The van der Waals surface area contributed by atoms with E-state index in [0.717, 1.165) is 31.2 Å². The number of amides is 2. The summed E-state index contributed by atoms with van der Waals surface area (Å²) in [6, 6.07) is 17.9. The Bertz CT molecular complexity index is 1010. The van der Waals surface area contributed by atoms with Gasteiger partial charge in [-0.05, 0) is 55.2 Å². The monoisotopic (exact) mass is 431 g/mol. The zero-order valence-electron chi connectivity index (χ0n) is 19.3. The molecule has 0 saturated heterocycles. The minimum Gasteiger partial charge on any atom is -0.445 e. The van der Waals surface area contributed by atoms with Crippen molar-refractivity contribution in [3.8, 4) is 0 Å². The van der Waals surface area contributed by atoms with E-state index >= 15 is 0 Å². The third kappa shape index (κ3) is 3.66. The van der Waals surface area contributed by atoms with E-state index < -0.39 is 11.6 Å². The normalized spacial score (nSPS) is 25.3. The third-order valence-electron chi connectivity index (χ3n) is 7.56. The largest absolute Gasteiger partial charge is 0.445 e. The topological polar surface area (TPSA) is 46.6 Å². The van der Waals surface area contributed by atoms with Crippen molar-refractivity contribution in [3.05, 3.63) is 83.9 Å². The molecule has 4 nitrogen and oxygen atoms in total. The maximum atomic E-state index is 13.5. The molecule has 2 amide bonds. The summed E-state index contributed by atoms with van der Waals surface area (Å²) >= 11 is 0. The molecule has 2 aromatic carbocycles. The van der Waals surface area contributed by atoms with Crippen LogP contribution in [-0.2, 0) is 15.7 Å². The van der Waals surface area contributed by atoms with Gasteiger partial charge >= 0.3 is 6.09 Å². The van der Waals surface area contributed by atoms with E-state index in [2.05, 4.69) is 44.7 Å². The van der Waals surface area contributed by atoms with Gasteiger partial charge < -0.3 is 4.74 Å². The summed E-state index contributed by atoms with van der Waals surface area (Å²) < 4.78 is 6.17. The van der Waals surface area contributed by atoms with Gasteiger partial charge in [0.05, 0.1) is 5.54 Å². The Morgan fingerprint density at radius 2 is 1.78 bits per heavy atom. The van der Waals surface area contributed by atoms with Crippen LogP contribution in [0.15, 0.2) is 67.3 Å². The van der Waals surface area contributed by atoms with Crippen molar-refractivity contribution >= 4 is 12.0 Å². The van der Waals surface area contributed by atoms with E-state index in [1.165, 1.54) is 10.5 Å². The molecule has 4 heteroatoms. The average molecular weight is 432 g/mol. The van der Waals surface area contributed by atoms with E-state index in [0.29, 0.717) is 12.0 Å². The molecule has 1 aliphatic carbocycles. The minimum atomic E-state index is -0.786. The fraction of sp³-hybridized carbons (Fsp3) is 0.429. The molecule has 1 fully saturated rings. The highest BCUT2D eigenvalue weighted by Crippen LogP contribution is 2.45. The van der Waals surface area contributed by atoms with Gasteiger partial charge in [0, 0.05) is 11.5 Å². The number of rotatable bonds is 5. The maximum absolute atomic E-state index is 13.5. The van der Waals surface area contributed by atoms with Crippen LogP contribution in [0.5, 0.6) is 0 Å². The summed E-state index contributed by atoms with van der Waals surface area (Å²) in [6.45, 7) is 10.3. The molecule has 3 atom stereocenters. The summed E-state index contributed by atoms with van der Waals surface area (Å²) in [5.74, 6) is -0.0991. The van der Waals surface area contributed by atoms with Crippen molar-refractivity contribution < 1.29 is 14.3 Å². The Balaban J connectivity index is 1.62. The van der Waals surface area contributed by atoms with Crippen molar-refractivity contribution in [2.75, 3.05) is 0 Å². The van der Waals surface area contributed by atoms with Gasteiger partial charge in [-0.25, -0.2) is 9.69 Å². The lowest BCUT2D eigenvalue weighted by atomic mass is 9.66. The van der Waals surface area contributed by atoms with Crippen molar-refractivity contribution in [3.63, 3.8) is 0 Å². The highest BCUT2D eigenvalue weighted by Gasteiger charge is 2.51. The number of benzene rings is 2. The number of ether oxygens (including phenoxy) is 1. The Labute approximate surface area is 191 Å². The standard InChI is InChI=1S/C28H33NO3/c1-5-19-28(4)22-16-10-9-15-21(22)25(30)29(28)26(31)32-24-18-12-11-17-23(24)27(2,3)20-13-7-6-8-14-20/h5-10,13-16,23-24H,1,11-12,17-19H2,2-4H3/t23-,24-,28+/m0/s1. The zero-order chi connectivity index (χ0) is 22.9. The Morgan fingerprint density at radius 3 is 2.50 bits per heavy atom. The van der Waals surface area contributed by atoms with Crippen molar-refractivity contribution in [1.82, 2.24) is 4.90 Å². The lowest BCUT2D eigenvalue weighted by Gasteiger charge is -2.43. The van der Waals surface area contributed by atoms with Crippen LogP contribution in [0, 0.1) is 5.92 Å². The predicted molar refractivity (Wildman–Crippen MR) is 126 cm³/mol. The van der Waals surface area contributed by atoms with Crippen LogP contribution < -0.4 is 0 Å². The fourth-order valence-corrected chi connectivity index (χ4v) is 5.70. The van der Waals surface area contributed by atoms with Gasteiger partial charge in [0.2, 0.25) is 0 Å². The lowest BCUT2D eigenvalue weighted by molar-refractivity contribution is -0.0153. The van der Waals surface area contributed by atoms with E-state index in [9.17, 15) is 9.59 Å². The Hall–Kier alpha value is -2.88. The summed E-state index contributed by atoms with van der Waals surface area (Å²) in [7, 11) is 0. The van der Waals surface area contributed by atoms with E-state index in [1.54, 1.807) is 12.1 Å². The van der Waals surface area contributed by atoms with Gasteiger partial charge in [-0.3, -0.25) is 4.79 Å². The number of hydrogen-bond acceptors (Lipinski definition) is 3. The average Bonchev–Trinajstić information content (AvgIpc) is 3.02. The number of fused-ring (bicyclic) bond motifs is 1. The first kappa shape index (κ1) is 22.3. The highest BCUT2D eigenvalue weighted by atomic mass is 16.6. The van der Waals surface area contributed by atoms with Crippen LogP contribution in [-0.4, -0.2) is 23.0 Å². The first-order valence-corrected chi connectivity index (χ1v) is 11.6. The summed E-state index contributed by atoms with van der Waals surface area (Å²) in [5.41, 5.74) is 1.74. The third-order valence-corrected chi connectivity index (χ3v) is 7.56. The molecule has 1 aliphatic heterocycles. The van der Waals surface area contributed by atoms with Gasteiger partial charge in [0.25, 0.3) is 5.91 Å². The van der Waals surface area contributed by atoms with Crippen molar-refractivity contribution in [1.29, 1.82) is 0 Å². The first-order chi connectivity index (χ1) is 15.3. The Kier molecular flexibility index (Phi) is 5.98. The summed E-state index contributed by atoms with van der Waals surface area (Å²) in [6.07, 6.45) is 5.44. The molecule has 0 radical (unpaired) electrons. The highest BCUT2D eigenvalue weighted by molar-refractivity contribution is 6.08. The molecule has 0 aromatic heterocycles. The second-order valence-electron chi connectivity index (χ2n) is 9.85. The second-order valence-corrected chi connectivity index (χ2v) is 9.85. The van der Waals surface area contributed by atoms with Crippen LogP contribution in [0.25, 0.3) is 0 Å². The molecular formula is C28H33NO3. The molecule has 0 unspecified atom stereocenters. The first-order valence-electron chi connectivity index (χ1n) is 11.6. The minimum absolute atomic E-state index is 0.144. The van der Waals surface area contributed by atoms with Gasteiger partial charge in [-0.15, -0.1) is 6.58 Å². The summed E-state index contributed by atoms with van der Waals surface area (Å²) in [5, 5.41) is 0. The summed E-state index contributed by atoms with van der Waals surface area (Å²) in [4.78, 5) is 28.1. The number of nitrogens with zero attached hydrogens (tertiary/aromatic N) is 1. The van der Waals surface area contributed by atoms with Gasteiger partial charge in [-0.2, -0.15) is 0 Å². The van der Waals surface area contributed by atoms with E-state index in [4.69, 9.17) is 4.74 Å². The predicted octanol–water partition coefficient (Wildman–Crippen LogP) is 6.61. The quantitative estimate of drug-likeness (QED) is 0.501. The smallest absolute Gasteiger partial charge is 0.417 e. The molecule has 2 aromatic rings. The molecule has 0 spiro atoms. The molecule has 0 bridgehead atoms. The number of carbonyl (C=O) groups excluding carboxylic acids is 2. The van der Waals surface area contributed by atoms with E-state index in [1.807, 2.05) is 31.2 Å². The number of carbonyl (C=O) groups is 2. The van der Waals surface area contributed by atoms with Gasteiger partial charge in [0.1, 0.15) is 6.10 Å². The van der Waals surface area contributed by atoms with Crippen LogP contribution in [0.1, 0.15) is 74.4 Å². The molecule has 32 heavy (non-hydrogen) atoms.